The second-order valence-electron chi connectivity index (χ2n) is 33.1. The summed E-state index contributed by atoms with van der Waals surface area (Å²) in [7, 11) is -1.45. The second-order valence-corrected chi connectivity index (χ2v) is 34.9. The highest BCUT2D eigenvalue weighted by Crippen LogP contribution is 2.44. The third-order valence-corrected chi connectivity index (χ3v) is 23.2. The van der Waals surface area contributed by atoms with Crippen molar-refractivity contribution in [1.29, 1.82) is 0 Å². The Kier molecular flexibility index (Phi) is 33.8. The topological polar surface area (TPSA) is 199 Å². The van der Waals surface area contributed by atoms with Gasteiger partial charge in [0.2, 0.25) is 0 Å². The van der Waals surface area contributed by atoms with E-state index in [9.17, 15) is 67.1 Å². The number of hydrogen-bond donors (Lipinski definition) is 1. The van der Waals surface area contributed by atoms with Crippen molar-refractivity contribution in [3.8, 4) is 22.3 Å². The van der Waals surface area contributed by atoms with Gasteiger partial charge in [-0.1, -0.05) is 155 Å². The lowest BCUT2D eigenvalue weighted by Crippen LogP contribution is -2.41. The minimum atomic E-state index is -4.35. The molecule has 680 valence electrons. The van der Waals surface area contributed by atoms with Crippen LogP contribution in [0.25, 0.3) is 22.3 Å². The summed E-state index contributed by atoms with van der Waals surface area (Å²) in [6.45, 7) is 28.4. The first-order valence-corrected chi connectivity index (χ1v) is 42.3. The van der Waals surface area contributed by atoms with Gasteiger partial charge in [-0.2, -0.15) is 68.0 Å². The lowest BCUT2D eigenvalue weighted by Gasteiger charge is -2.32. The van der Waals surface area contributed by atoms with Gasteiger partial charge in [0, 0.05) is 34.2 Å². The Morgan fingerprint density at radius 3 is 0.969 bits per heavy atom. The van der Waals surface area contributed by atoms with E-state index in [0.29, 0.717) is 38.9 Å². The minimum Gasteiger partial charge on any atom is -0.480 e. The molecule has 14 rings (SSSR count). The van der Waals surface area contributed by atoms with Crippen LogP contribution in [0.15, 0.2) is 240 Å². The monoisotopic (exact) mass is 1910 g/mol. The highest BCUT2D eigenvalue weighted by atomic mass is 79.9. The number of aromatic nitrogens is 6. The van der Waals surface area contributed by atoms with Gasteiger partial charge in [-0.3, -0.25) is 28.4 Å². The van der Waals surface area contributed by atoms with Gasteiger partial charge in [-0.25, -0.2) is 0 Å². The molecule has 3 aliphatic heterocycles. The molecule has 3 aromatic heterocycles. The van der Waals surface area contributed by atoms with Gasteiger partial charge in [0.25, 0.3) is 0 Å². The maximum Gasteiger partial charge on any atom is 0.495 e. The molecule has 1 N–H and O–H groups in total. The Hall–Kier alpha value is -10.1. The van der Waals surface area contributed by atoms with E-state index in [1.54, 1.807) is 51.0 Å². The number of benzene rings is 8. The van der Waals surface area contributed by atoms with Crippen LogP contribution in [-0.4, -0.2) is 120 Å². The number of carbonyl (C=O) groups is 3. The summed E-state index contributed by atoms with van der Waals surface area (Å²) >= 11 is 6.65. The first-order valence-electron chi connectivity index (χ1n) is 40.7. The van der Waals surface area contributed by atoms with Crippen molar-refractivity contribution >= 4 is 76.4 Å². The zero-order chi connectivity index (χ0) is 94.2. The normalized spacial score (nSPS) is 15.7. The van der Waals surface area contributed by atoms with E-state index < -0.39 is 85.3 Å². The molecule has 0 bridgehead atoms. The molecule has 0 atom stereocenters. The van der Waals surface area contributed by atoms with E-state index in [2.05, 4.69) is 47.2 Å². The molecular weight excluding hydrogens is 1810 g/mol. The predicted molar refractivity (Wildman–Crippen MR) is 472 cm³/mol. The number of alkyl halides is 12. The van der Waals surface area contributed by atoms with Crippen LogP contribution in [0.2, 0.25) is 0 Å². The van der Waals surface area contributed by atoms with Crippen LogP contribution in [0, 0.1) is 0 Å². The third kappa shape index (κ3) is 28.4. The Labute approximate surface area is 754 Å². The van der Waals surface area contributed by atoms with Gasteiger partial charge in [-0.05, 0) is 254 Å². The van der Waals surface area contributed by atoms with E-state index >= 15 is 0 Å². The fourth-order valence-electron chi connectivity index (χ4n) is 13.0. The number of nitrogens with zero attached hydrogens (tertiary/aromatic N) is 6. The van der Waals surface area contributed by atoms with Crippen molar-refractivity contribution in [2.75, 3.05) is 13.2 Å². The maximum atomic E-state index is 12.7. The molecule has 11 aromatic rings. The summed E-state index contributed by atoms with van der Waals surface area (Å²) < 4.78 is 204. The standard InChI is InChI=1S/C21H19F3N2O2.C20H22BF3O2.C19H15F3N2O2.C14H10BrF3.C12H24B2O4.C7H9BrN2O2/c1-2-28-20(27)14-26-13-17(12-25-26)19-6-4-3-5-16(19)11-15-7-9-18(10-8-15)21(22,23)24;1-18(2)19(3,4)26-21(25-18)17-8-6-5-7-15(17)13-14-9-11-16(12-10-14)20(22,23)24;20-19(21,22)16-7-5-13(6-8-16)9-14-3-1-2-4-17(14)15-10-23-24(11-15)12-18(25)26;15-13-4-2-1-3-11(13)9-10-5-7-12(8-6-10)14(16,17)18;1-9(2)10(3,4)16-13(15-9)14-17-11(5,6)12(7,8)18-14;1-2-12-7(11)5-10-4-6(8)3-9-10/h3-10,12-13H,2,11,14H2,1H3;5-12H,13H2,1-4H3;1-8,10-11H,9,12H2,(H,25,26);1-8H,9H2;1-8H3;3-4H,2,5H2,1H3. The van der Waals surface area contributed by atoms with E-state index in [0.717, 1.165) is 130 Å². The van der Waals surface area contributed by atoms with Gasteiger partial charge in [0.1, 0.15) is 19.6 Å². The minimum absolute atomic E-state index is 0.0227. The number of halogens is 14. The first kappa shape index (κ1) is 102. The highest BCUT2D eigenvalue weighted by molar-refractivity contribution is 9.10. The Bertz CT molecular complexity index is 5410. The van der Waals surface area contributed by atoms with E-state index in [1.807, 2.05) is 180 Å². The van der Waals surface area contributed by atoms with Crippen LogP contribution in [-0.2, 0) is 122 Å². The molecule has 35 heteroatoms. The summed E-state index contributed by atoms with van der Waals surface area (Å²) in [6, 6.07) is 51.3. The molecule has 128 heavy (non-hydrogen) atoms. The van der Waals surface area contributed by atoms with Crippen molar-refractivity contribution in [3.05, 3.63) is 307 Å². The van der Waals surface area contributed by atoms with Crippen LogP contribution >= 0.6 is 31.9 Å². The molecule has 3 aliphatic rings. The molecule has 3 saturated heterocycles. The lowest BCUT2D eigenvalue weighted by atomic mass is 9.49. The number of aliphatic carboxylic acids is 1. The Morgan fingerprint density at radius 2 is 0.648 bits per heavy atom. The van der Waals surface area contributed by atoms with Gasteiger partial charge >= 0.3 is 63.7 Å². The molecular formula is C93H99B3Br2F12N6O12. The first-order chi connectivity index (χ1) is 59.7. The highest BCUT2D eigenvalue weighted by Gasteiger charge is 2.64. The number of esters is 2. The summed E-state index contributed by atoms with van der Waals surface area (Å²) in [6.07, 6.45) is -5.25. The zero-order valence-corrected chi connectivity index (χ0v) is 76.1. The fraction of sp³-hybridized carbons (Fsp3) is 0.355. The fourth-order valence-corrected chi connectivity index (χ4v) is 13.7. The maximum absolute atomic E-state index is 12.7. The number of carboxylic acids is 1. The van der Waals surface area contributed by atoms with Crippen molar-refractivity contribution < 1.29 is 110 Å². The molecule has 18 nitrogen and oxygen atoms in total. The number of rotatable bonds is 20. The molecule has 0 spiro atoms. The smallest absolute Gasteiger partial charge is 0.480 e. The summed E-state index contributed by atoms with van der Waals surface area (Å²) in [5, 5.41) is 21.0. The quantitative estimate of drug-likeness (QED) is 0.0429. The van der Waals surface area contributed by atoms with E-state index in [-0.39, 0.29) is 54.0 Å². The lowest BCUT2D eigenvalue weighted by molar-refractivity contribution is -0.145. The predicted octanol–water partition coefficient (Wildman–Crippen LogP) is 22.1. The Morgan fingerprint density at radius 1 is 0.367 bits per heavy atom. The van der Waals surface area contributed by atoms with Crippen LogP contribution in [0.3, 0.4) is 0 Å². The van der Waals surface area contributed by atoms with Crippen LogP contribution < -0.4 is 5.46 Å². The van der Waals surface area contributed by atoms with Crippen molar-refractivity contribution in [2.45, 2.75) is 201 Å². The van der Waals surface area contributed by atoms with E-state index in [1.165, 1.54) is 62.6 Å². The molecule has 0 unspecified atom stereocenters. The van der Waals surface area contributed by atoms with Crippen molar-refractivity contribution in [1.82, 2.24) is 29.3 Å². The summed E-state index contributed by atoms with van der Waals surface area (Å²) in [5.74, 6) is -1.62. The number of ether oxygens (including phenoxy) is 2. The molecule has 3 fully saturated rings. The van der Waals surface area contributed by atoms with Crippen LogP contribution in [0.4, 0.5) is 52.7 Å². The number of carboxylic acid groups (broad SMARTS) is 1. The average molecular weight is 1910 g/mol. The average Bonchev–Trinajstić information content (AvgIpc) is 1.59. The SMILES string of the molecule is CC1(C)OB(B2OC(C)(C)C(C)(C)O2)OC1(C)C.CC1(C)OB(c2ccccc2Cc2ccc(C(F)(F)F)cc2)OC1(C)C.CCOC(=O)Cn1cc(-c2ccccc2Cc2ccc(C(F)(F)F)cc2)cn1.CCOC(=O)Cn1cc(Br)cn1.FC(F)(F)c1ccc(Cc2ccccc2Br)cc1.O=C(O)Cn1cc(-c2ccccc2Cc2ccc(C(F)(F)F)cc2)cn1. The van der Waals surface area contributed by atoms with Gasteiger partial charge in [-0.15, -0.1) is 0 Å². The summed E-state index contributed by atoms with van der Waals surface area (Å²) in [4.78, 5) is 33.3. The van der Waals surface area contributed by atoms with Gasteiger partial charge in [0.15, 0.2) is 0 Å². The van der Waals surface area contributed by atoms with Gasteiger partial charge in [0.05, 0.1) is 92.1 Å². The van der Waals surface area contributed by atoms with Crippen LogP contribution in [0.1, 0.15) is 164 Å². The molecule has 0 amide bonds. The third-order valence-electron chi connectivity index (χ3n) is 22.0. The van der Waals surface area contributed by atoms with Crippen molar-refractivity contribution in [3.63, 3.8) is 0 Å². The molecule has 0 aliphatic carbocycles. The van der Waals surface area contributed by atoms with Gasteiger partial charge < -0.3 is 42.5 Å². The number of carbonyl (C=O) groups excluding carboxylic acids is 2. The Balaban J connectivity index is 0.000000177. The molecule has 6 heterocycles. The summed E-state index contributed by atoms with van der Waals surface area (Å²) in [5.41, 5.74) is 6.45. The molecule has 8 aromatic carbocycles. The zero-order valence-electron chi connectivity index (χ0n) is 72.9. The molecule has 0 saturated carbocycles. The molecule has 0 radical (unpaired) electrons. The largest absolute Gasteiger partial charge is 0.495 e. The van der Waals surface area contributed by atoms with E-state index in [4.69, 9.17) is 42.5 Å². The second kappa shape index (κ2) is 42.6. The van der Waals surface area contributed by atoms with Crippen LogP contribution in [0.5, 0.6) is 0 Å². The van der Waals surface area contributed by atoms with Crippen molar-refractivity contribution in [2.24, 2.45) is 0 Å². The number of hydrogen-bond acceptors (Lipinski definition) is 14.